The topological polar surface area (TPSA) is 88.2 Å². The average molecular weight is 395 g/mol. The van der Waals surface area contributed by atoms with Gasteiger partial charge in [-0.2, -0.15) is 0 Å². The largest absolute Gasteiger partial charge is 0.325 e. The molecule has 28 heavy (non-hydrogen) atoms. The number of aromatic nitrogens is 1. The van der Waals surface area contributed by atoms with Crippen LogP contribution in [-0.4, -0.2) is 19.3 Å². The predicted molar refractivity (Wildman–Crippen MR) is 111 cm³/mol. The number of carbonyl (C=O) groups excluding carboxylic acids is 1. The van der Waals surface area contributed by atoms with E-state index in [9.17, 15) is 13.2 Å². The van der Waals surface area contributed by atoms with Crippen LogP contribution < -0.4 is 10.0 Å². The first-order valence-corrected chi connectivity index (χ1v) is 10.2. The molecular weight excluding hydrogens is 374 g/mol. The molecule has 0 saturated heterocycles. The number of rotatable bonds is 5. The Kier molecular flexibility index (Phi) is 5.46. The highest BCUT2D eigenvalue weighted by Crippen LogP contribution is 2.28. The normalized spacial score (nSPS) is 11.1. The van der Waals surface area contributed by atoms with Gasteiger partial charge < -0.3 is 5.32 Å². The number of nitrogens with one attached hydrogen (secondary N) is 2. The van der Waals surface area contributed by atoms with Crippen LogP contribution in [0.25, 0.3) is 11.1 Å². The van der Waals surface area contributed by atoms with E-state index in [-0.39, 0.29) is 10.8 Å². The third-order valence-electron chi connectivity index (χ3n) is 4.26. The van der Waals surface area contributed by atoms with Gasteiger partial charge in [-0.05, 0) is 48.7 Å². The molecule has 0 aliphatic rings. The summed E-state index contributed by atoms with van der Waals surface area (Å²) >= 11 is 0. The van der Waals surface area contributed by atoms with Crippen LogP contribution in [0.5, 0.6) is 0 Å². The van der Waals surface area contributed by atoms with Gasteiger partial charge in [0.2, 0.25) is 5.91 Å². The maximum atomic E-state index is 12.8. The Morgan fingerprint density at radius 1 is 0.929 bits per heavy atom. The Bertz CT molecular complexity index is 1140. The van der Waals surface area contributed by atoms with Gasteiger partial charge in [-0.15, -0.1) is 0 Å². The van der Waals surface area contributed by atoms with Crippen molar-refractivity contribution in [1.29, 1.82) is 0 Å². The molecule has 0 atom stereocenters. The first-order chi connectivity index (χ1) is 13.3. The molecule has 3 aromatic rings. The summed E-state index contributed by atoms with van der Waals surface area (Å²) in [6.45, 7) is 5.03. The van der Waals surface area contributed by atoms with Crippen molar-refractivity contribution in [1.82, 2.24) is 4.98 Å². The van der Waals surface area contributed by atoms with Gasteiger partial charge in [0.1, 0.15) is 0 Å². The van der Waals surface area contributed by atoms with Gasteiger partial charge in [-0.1, -0.05) is 30.3 Å². The molecular formula is C21H21N3O3S. The molecule has 0 aliphatic heterocycles. The summed E-state index contributed by atoms with van der Waals surface area (Å²) in [4.78, 5) is 15.7. The fraction of sp³-hybridized carbons (Fsp3) is 0.143. The summed E-state index contributed by atoms with van der Waals surface area (Å²) in [6, 6.07) is 14.1. The quantitative estimate of drug-likeness (QED) is 0.680. The maximum absolute atomic E-state index is 12.8. The third kappa shape index (κ3) is 4.37. The van der Waals surface area contributed by atoms with Crippen LogP contribution in [0.15, 0.2) is 65.8 Å². The Balaban J connectivity index is 1.97. The number of amides is 1. The molecule has 144 valence electrons. The Labute approximate surface area is 164 Å². The molecule has 2 N–H and O–H groups in total. The first-order valence-electron chi connectivity index (χ1n) is 8.68. The molecule has 0 saturated carbocycles. The number of anilines is 2. The highest BCUT2D eigenvalue weighted by molar-refractivity contribution is 7.92. The maximum Gasteiger partial charge on any atom is 0.262 e. The zero-order chi connectivity index (χ0) is 20.3. The zero-order valence-electron chi connectivity index (χ0n) is 15.9. The summed E-state index contributed by atoms with van der Waals surface area (Å²) in [7, 11) is -3.71. The molecule has 1 amide bonds. The van der Waals surface area contributed by atoms with Crippen molar-refractivity contribution in [2.45, 2.75) is 25.7 Å². The van der Waals surface area contributed by atoms with Crippen LogP contribution in [0, 0.1) is 13.8 Å². The minimum Gasteiger partial charge on any atom is -0.325 e. The van der Waals surface area contributed by atoms with Crippen molar-refractivity contribution < 1.29 is 13.2 Å². The summed E-state index contributed by atoms with van der Waals surface area (Å²) in [5.74, 6) is -0.186. The summed E-state index contributed by atoms with van der Waals surface area (Å²) in [6.07, 6.45) is 3.22. The monoisotopic (exact) mass is 395 g/mol. The predicted octanol–water partition coefficient (Wildman–Crippen LogP) is 4.12. The van der Waals surface area contributed by atoms with E-state index in [1.54, 1.807) is 55.7 Å². The number of nitrogens with zero attached hydrogens (tertiary/aromatic N) is 1. The van der Waals surface area contributed by atoms with Crippen LogP contribution in [0.2, 0.25) is 0 Å². The lowest BCUT2D eigenvalue weighted by Crippen LogP contribution is -2.15. The van der Waals surface area contributed by atoms with Gasteiger partial charge in [0, 0.05) is 18.7 Å². The third-order valence-corrected chi connectivity index (χ3v) is 5.78. The number of pyridine rings is 1. The van der Waals surface area contributed by atoms with Crippen molar-refractivity contribution in [3.8, 4) is 11.1 Å². The molecule has 0 fully saturated rings. The van der Waals surface area contributed by atoms with Gasteiger partial charge in [-0.3, -0.25) is 14.5 Å². The van der Waals surface area contributed by atoms with Crippen molar-refractivity contribution in [3.05, 3.63) is 72.1 Å². The smallest absolute Gasteiger partial charge is 0.262 e. The van der Waals surface area contributed by atoms with E-state index in [1.165, 1.54) is 6.92 Å². The minimum absolute atomic E-state index is 0.186. The number of carbonyl (C=O) groups is 1. The van der Waals surface area contributed by atoms with E-state index in [0.29, 0.717) is 16.9 Å². The van der Waals surface area contributed by atoms with E-state index in [0.717, 1.165) is 16.7 Å². The van der Waals surface area contributed by atoms with Crippen LogP contribution >= 0.6 is 0 Å². The Morgan fingerprint density at radius 3 is 2.39 bits per heavy atom. The highest BCUT2D eigenvalue weighted by Gasteiger charge is 2.17. The molecule has 7 heteroatoms. The van der Waals surface area contributed by atoms with Crippen molar-refractivity contribution in [2.75, 3.05) is 10.0 Å². The van der Waals surface area contributed by atoms with E-state index < -0.39 is 10.0 Å². The lowest BCUT2D eigenvalue weighted by atomic mass is 10.0. The highest BCUT2D eigenvalue weighted by atomic mass is 32.2. The molecule has 0 radical (unpaired) electrons. The van der Waals surface area contributed by atoms with Gasteiger partial charge >= 0.3 is 0 Å². The first kappa shape index (κ1) is 19.6. The Morgan fingerprint density at radius 2 is 1.68 bits per heavy atom. The second kappa shape index (κ2) is 7.82. The zero-order valence-corrected chi connectivity index (χ0v) is 16.7. The van der Waals surface area contributed by atoms with Gasteiger partial charge in [0.05, 0.1) is 22.5 Å². The van der Waals surface area contributed by atoms with Crippen molar-refractivity contribution in [2.24, 2.45) is 0 Å². The molecule has 0 spiro atoms. The molecule has 1 aromatic heterocycles. The number of hydrogen-bond acceptors (Lipinski definition) is 4. The van der Waals surface area contributed by atoms with Crippen LogP contribution in [0.1, 0.15) is 18.1 Å². The molecule has 0 aliphatic carbocycles. The Hall–Kier alpha value is -3.19. The lowest BCUT2D eigenvalue weighted by Gasteiger charge is -2.14. The molecule has 0 bridgehead atoms. The molecule has 3 rings (SSSR count). The summed E-state index contributed by atoms with van der Waals surface area (Å²) in [5.41, 5.74) is 4.09. The second-order valence-corrected chi connectivity index (χ2v) is 8.19. The fourth-order valence-corrected chi connectivity index (χ4v) is 4.21. The lowest BCUT2D eigenvalue weighted by molar-refractivity contribution is -0.114. The van der Waals surface area contributed by atoms with Crippen LogP contribution in [-0.2, 0) is 14.8 Å². The fourth-order valence-electron chi connectivity index (χ4n) is 2.84. The second-order valence-electron chi connectivity index (χ2n) is 6.54. The van der Waals surface area contributed by atoms with Gasteiger partial charge in [0.15, 0.2) is 0 Å². The average Bonchev–Trinajstić information content (AvgIpc) is 2.63. The molecule has 6 nitrogen and oxygen atoms in total. The van der Waals surface area contributed by atoms with Crippen molar-refractivity contribution in [3.63, 3.8) is 0 Å². The van der Waals surface area contributed by atoms with E-state index in [2.05, 4.69) is 15.0 Å². The molecule has 0 unspecified atom stereocenters. The SMILES string of the molecule is CC(=O)Nc1cncc(-c2ccc(C)c(NS(=O)(=O)c3ccccc3C)c2)c1. The van der Waals surface area contributed by atoms with Gasteiger partial charge in [0.25, 0.3) is 10.0 Å². The van der Waals surface area contributed by atoms with E-state index in [4.69, 9.17) is 0 Å². The van der Waals surface area contributed by atoms with Crippen LogP contribution in [0.3, 0.4) is 0 Å². The summed E-state index contributed by atoms with van der Waals surface area (Å²) in [5, 5.41) is 2.69. The number of benzene rings is 2. The molecule has 1 heterocycles. The van der Waals surface area contributed by atoms with E-state index >= 15 is 0 Å². The van der Waals surface area contributed by atoms with E-state index in [1.807, 2.05) is 19.1 Å². The number of aryl methyl sites for hydroxylation is 2. The van der Waals surface area contributed by atoms with Crippen molar-refractivity contribution >= 4 is 27.3 Å². The summed E-state index contributed by atoms with van der Waals surface area (Å²) < 4.78 is 28.3. The number of hydrogen-bond donors (Lipinski definition) is 2. The minimum atomic E-state index is -3.71. The van der Waals surface area contributed by atoms with Crippen LogP contribution in [0.4, 0.5) is 11.4 Å². The van der Waals surface area contributed by atoms with Gasteiger partial charge in [-0.25, -0.2) is 8.42 Å². The standard InChI is InChI=1S/C21H21N3O3S/c1-14-8-9-17(18-10-19(13-22-12-18)23-16(3)25)11-20(14)24-28(26,27)21-7-5-4-6-15(21)2/h4-13,24H,1-3H3,(H,23,25). The molecule has 2 aromatic carbocycles. The number of sulfonamides is 1.